The molecule has 25 heavy (non-hydrogen) atoms. The van der Waals surface area contributed by atoms with E-state index in [4.69, 9.17) is 4.74 Å². The van der Waals surface area contributed by atoms with Gasteiger partial charge in [0.05, 0.1) is 33.1 Å². The zero-order valence-corrected chi connectivity index (χ0v) is 16.4. The molecule has 136 valence electrons. The number of carbonyl (C=O) groups excluding carboxylic acids is 2. The number of carbonyl (C=O) groups is 2. The average Bonchev–Trinajstić information content (AvgIpc) is 2.63. The molecule has 0 atom stereocenters. The molecule has 1 heterocycles. The first-order chi connectivity index (χ1) is 12.0. The van der Waals surface area contributed by atoms with Crippen LogP contribution in [0.3, 0.4) is 0 Å². The monoisotopic (exact) mass is 460 g/mol. The molecule has 0 aliphatic carbocycles. The molecule has 1 N–H and O–H groups in total. The van der Waals surface area contributed by atoms with Crippen molar-refractivity contribution in [2.75, 3.05) is 45.8 Å². The third kappa shape index (κ3) is 5.68. The Labute approximate surface area is 160 Å². The molecule has 0 unspecified atom stereocenters. The van der Waals surface area contributed by atoms with E-state index in [1.807, 2.05) is 12.1 Å². The standard InChI is InChI=1S/C17H21IN2O5/c1-23-16(21)13(17(22)24-2)10-19-15-4-3-12(9-14(15)18)11-20-5-7-25-8-6-20/h3-4,9-10,19H,5-8,11H2,1-2H3. The molecule has 1 aliphatic rings. The lowest BCUT2D eigenvalue weighted by Crippen LogP contribution is -2.35. The quantitative estimate of drug-likeness (QED) is 0.228. The van der Waals surface area contributed by atoms with Crippen LogP contribution in [-0.2, 0) is 30.3 Å². The molecule has 1 saturated heterocycles. The Kier molecular flexibility index (Phi) is 7.66. The Hall–Kier alpha value is -1.65. The van der Waals surface area contributed by atoms with Gasteiger partial charge < -0.3 is 19.5 Å². The lowest BCUT2D eigenvalue weighted by molar-refractivity contribution is -0.144. The number of hydrogen-bond donors (Lipinski definition) is 1. The molecule has 0 amide bonds. The van der Waals surface area contributed by atoms with Gasteiger partial charge in [-0.05, 0) is 40.3 Å². The number of nitrogens with one attached hydrogen (secondary N) is 1. The first-order valence-electron chi connectivity index (χ1n) is 7.77. The highest BCUT2D eigenvalue weighted by Gasteiger charge is 2.19. The molecule has 0 spiro atoms. The Morgan fingerprint density at radius 1 is 1.24 bits per heavy atom. The molecule has 1 fully saturated rings. The number of nitrogens with zero attached hydrogens (tertiary/aromatic N) is 1. The number of benzene rings is 1. The van der Waals surface area contributed by atoms with Crippen LogP contribution in [0.1, 0.15) is 5.56 Å². The van der Waals surface area contributed by atoms with Crippen LogP contribution < -0.4 is 5.32 Å². The van der Waals surface area contributed by atoms with E-state index in [1.54, 1.807) is 0 Å². The maximum absolute atomic E-state index is 11.6. The first kappa shape index (κ1) is 19.7. The predicted molar refractivity (Wildman–Crippen MR) is 101 cm³/mol. The number of anilines is 1. The van der Waals surface area contributed by atoms with E-state index in [0.29, 0.717) is 0 Å². The number of halogens is 1. The van der Waals surface area contributed by atoms with Crippen LogP contribution >= 0.6 is 22.6 Å². The summed E-state index contributed by atoms with van der Waals surface area (Å²) in [5.41, 5.74) is 1.79. The van der Waals surface area contributed by atoms with Crippen LogP contribution in [0.25, 0.3) is 0 Å². The van der Waals surface area contributed by atoms with Crippen molar-refractivity contribution in [3.8, 4) is 0 Å². The van der Waals surface area contributed by atoms with Crippen molar-refractivity contribution in [1.29, 1.82) is 0 Å². The zero-order valence-electron chi connectivity index (χ0n) is 14.2. The highest BCUT2D eigenvalue weighted by molar-refractivity contribution is 14.1. The van der Waals surface area contributed by atoms with Gasteiger partial charge in [-0.3, -0.25) is 4.90 Å². The maximum atomic E-state index is 11.6. The second-order valence-corrected chi connectivity index (χ2v) is 6.55. The highest BCUT2D eigenvalue weighted by atomic mass is 127. The van der Waals surface area contributed by atoms with Crippen LogP contribution in [0.5, 0.6) is 0 Å². The van der Waals surface area contributed by atoms with Gasteiger partial charge in [-0.2, -0.15) is 0 Å². The van der Waals surface area contributed by atoms with E-state index in [0.717, 1.165) is 42.1 Å². The normalized spacial score (nSPS) is 14.5. The van der Waals surface area contributed by atoms with Crippen LogP contribution in [0.2, 0.25) is 0 Å². The van der Waals surface area contributed by atoms with Gasteiger partial charge in [-0.1, -0.05) is 6.07 Å². The van der Waals surface area contributed by atoms with Crippen molar-refractivity contribution >= 4 is 40.2 Å². The number of esters is 2. The highest BCUT2D eigenvalue weighted by Crippen LogP contribution is 2.21. The SMILES string of the molecule is COC(=O)C(=CNc1ccc(CN2CCOCC2)cc1I)C(=O)OC. The minimum Gasteiger partial charge on any atom is -0.465 e. The molecule has 0 saturated carbocycles. The van der Waals surface area contributed by atoms with E-state index in [-0.39, 0.29) is 5.57 Å². The summed E-state index contributed by atoms with van der Waals surface area (Å²) in [6.07, 6.45) is 1.30. The largest absolute Gasteiger partial charge is 0.465 e. The molecule has 8 heteroatoms. The van der Waals surface area contributed by atoms with Crippen LogP contribution in [0, 0.1) is 3.57 Å². The number of ether oxygens (including phenoxy) is 3. The smallest absolute Gasteiger partial charge is 0.346 e. The summed E-state index contributed by atoms with van der Waals surface area (Å²) >= 11 is 2.21. The van der Waals surface area contributed by atoms with Crippen LogP contribution in [-0.4, -0.2) is 57.4 Å². The Bertz CT molecular complexity index is 638. The minimum absolute atomic E-state index is 0.196. The summed E-state index contributed by atoms with van der Waals surface area (Å²) in [4.78, 5) is 25.6. The predicted octanol–water partition coefficient (Wildman–Crippen LogP) is 1.77. The summed E-state index contributed by atoms with van der Waals surface area (Å²) in [6, 6.07) is 6.01. The molecular formula is C17H21IN2O5. The van der Waals surface area contributed by atoms with E-state index >= 15 is 0 Å². The fourth-order valence-corrected chi connectivity index (χ4v) is 3.10. The van der Waals surface area contributed by atoms with Crippen molar-refractivity contribution in [1.82, 2.24) is 4.90 Å². The Morgan fingerprint density at radius 2 is 1.88 bits per heavy atom. The molecule has 0 aromatic heterocycles. The van der Waals surface area contributed by atoms with Crippen molar-refractivity contribution in [2.45, 2.75) is 6.54 Å². The van der Waals surface area contributed by atoms with Gasteiger partial charge in [-0.25, -0.2) is 9.59 Å². The number of rotatable bonds is 6. The maximum Gasteiger partial charge on any atom is 0.346 e. The van der Waals surface area contributed by atoms with Gasteiger partial charge >= 0.3 is 11.9 Å². The van der Waals surface area contributed by atoms with E-state index in [1.165, 1.54) is 26.0 Å². The van der Waals surface area contributed by atoms with Gasteiger partial charge in [0.25, 0.3) is 0 Å². The molecule has 1 aromatic carbocycles. The van der Waals surface area contributed by atoms with Gasteiger partial charge in [-0.15, -0.1) is 0 Å². The fraction of sp³-hybridized carbons (Fsp3) is 0.412. The average molecular weight is 460 g/mol. The van der Waals surface area contributed by atoms with Crippen LogP contribution in [0.4, 0.5) is 5.69 Å². The van der Waals surface area contributed by atoms with Crippen molar-refractivity contribution in [3.05, 3.63) is 39.1 Å². The topological polar surface area (TPSA) is 77.1 Å². The molecule has 7 nitrogen and oxygen atoms in total. The second-order valence-electron chi connectivity index (χ2n) is 5.39. The van der Waals surface area contributed by atoms with Crippen LogP contribution in [0.15, 0.2) is 30.0 Å². The third-order valence-corrected chi connectivity index (χ3v) is 4.62. The number of methoxy groups -OCH3 is 2. The van der Waals surface area contributed by atoms with E-state index in [2.05, 4.69) is 48.3 Å². The summed E-state index contributed by atoms with van der Waals surface area (Å²) in [7, 11) is 2.42. The molecule has 1 aliphatic heterocycles. The van der Waals surface area contributed by atoms with Crippen molar-refractivity contribution in [3.63, 3.8) is 0 Å². The summed E-state index contributed by atoms with van der Waals surface area (Å²) in [5.74, 6) is -1.50. The Morgan fingerprint density at radius 3 is 2.44 bits per heavy atom. The van der Waals surface area contributed by atoms with Gasteiger partial charge in [0, 0.05) is 29.4 Å². The van der Waals surface area contributed by atoms with Gasteiger partial charge in [0.2, 0.25) is 0 Å². The first-order valence-corrected chi connectivity index (χ1v) is 8.85. The molecule has 0 bridgehead atoms. The number of morpholine rings is 1. The van der Waals surface area contributed by atoms with Gasteiger partial charge in [0.1, 0.15) is 0 Å². The van der Waals surface area contributed by atoms with Gasteiger partial charge in [0.15, 0.2) is 5.57 Å². The Balaban J connectivity index is 2.07. The van der Waals surface area contributed by atoms with Crippen molar-refractivity contribution < 1.29 is 23.8 Å². The molecule has 2 rings (SSSR count). The van der Waals surface area contributed by atoms with Crippen molar-refractivity contribution in [2.24, 2.45) is 0 Å². The second kappa shape index (κ2) is 9.73. The summed E-state index contributed by atoms with van der Waals surface area (Å²) in [6.45, 7) is 4.27. The molecule has 0 radical (unpaired) electrons. The number of hydrogen-bond acceptors (Lipinski definition) is 7. The summed E-state index contributed by atoms with van der Waals surface area (Å²) in [5, 5.41) is 2.97. The minimum atomic E-state index is -0.752. The lowest BCUT2D eigenvalue weighted by Gasteiger charge is -2.26. The summed E-state index contributed by atoms with van der Waals surface area (Å²) < 4.78 is 15.5. The van der Waals surface area contributed by atoms with E-state index in [9.17, 15) is 9.59 Å². The third-order valence-electron chi connectivity index (χ3n) is 3.73. The zero-order chi connectivity index (χ0) is 18.2. The fourth-order valence-electron chi connectivity index (χ4n) is 2.36. The molecular weight excluding hydrogens is 439 g/mol. The lowest BCUT2D eigenvalue weighted by atomic mass is 10.2. The molecule has 1 aromatic rings. The van der Waals surface area contributed by atoms with E-state index < -0.39 is 11.9 Å².